The van der Waals surface area contributed by atoms with Gasteiger partial charge >= 0.3 is 0 Å². The summed E-state index contributed by atoms with van der Waals surface area (Å²) in [6.07, 6.45) is 0.817. The van der Waals surface area contributed by atoms with Gasteiger partial charge in [-0.15, -0.1) is 24.0 Å². The van der Waals surface area contributed by atoms with Crippen molar-refractivity contribution in [3.05, 3.63) is 34.6 Å². The SMILES string of the molecule is CCOCCCNC(=NCC(=O)N(C)C)N(C)Cc1ccc(Cl)c(F)c1.I. The van der Waals surface area contributed by atoms with Crippen molar-refractivity contribution in [1.82, 2.24) is 15.1 Å². The van der Waals surface area contributed by atoms with Gasteiger partial charge in [-0.05, 0) is 31.0 Å². The van der Waals surface area contributed by atoms with E-state index in [1.165, 1.54) is 17.0 Å². The number of ether oxygens (including phenoxy) is 1. The number of halogens is 3. The smallest absolute Gasteiger partial charge is 0.243 e. The Morgan fingerprint density at radius 2 is 2.04 bits per heavy atom. The molecule has 1 aromatic carbocycles. The van der Waals surface area contributed by atoms with E-state index >= 15 is 0 Å². The van der Waals surface area contributed by atoms with Crippen LogP contribution in [0.5, 0.6) is 0 Å². The minimum atomic E-state index is -0.455. The summed E-state index contributed by atoms with van der Waals surface area (Å²) < 4.78 is 19.0. The molecular formula is C18H29ClFIN4O2. The molecule has 27 heavy (non-hydrogen) atoms. The van der Waals surface area contributed by atoms with Crippen molar-refractivity contribution in [2.75, 3.05) is 47.4 Å². The number of carbonyl (C=O) groups excluding carboxylic acids is 1. The molecule has 1 amide bonds. The Hall–Kier alpha value is -1.13. The van der Waals surface area contributed by atoms with Crippen LogP contribution in [0.1, 0.15) is 18.9 Å². The molecule has 0 aliphatic carbocycles. The molecule has 0 bridgehead atoms. The summed E-state index contributed by atoms with van der Waals surface area (Å²) in [5.41, 5.74) is 0.761. The molecule has 0 radical (unpaired) electrons. The standard InChI is InChI=1S/C18H28ClFN4O2.HI/c1-5-26-10-6-9-21-18(22-12-17(25)23(2)3)24(4)13-14-7-8-15(19)16(20)11-14;/h7-8,11H,5-6,9-10,12-13H2,1-4H3,(H,21,22);1H. The number of nitrogens with one attached hydrogen (secondary N) is 1. The molecule has 0 saturated heterocycles. The zero-order valence-corrected chi connectivity index (χ0v) is 19.4. The highest BCUT2D eigenvalue weighted by Gasteiger charge is 2.11. The molecule has 1 rings (SSSR count). The van der Waals surface area contributed by atoms with E-state index in [2.05, 4.69) is 10.3 Å². The zero-order chi connectivity index (χ0) is 19.5. The first-order chi connectivity index (χ1) is 12.3. The number of hydrogen-bond acceptors (Lipinski definition) is 3. The van der Waals surface area contributed by atoms with Crippen LogP contribution in [0.25, 0.3) is 0 Å². The predicted octanol–water partition coefficient (Wildman–Crippen LogP) is 2.99. The summed E-state index contributed by atoms with van der Waals surface area (Å²) >= 11 is 5.73. The number of rotatable bonds is 9. The number of carbonyl (C=O) groups is 1. The summed E-state index contributed by atoms with van der Waals surface area (Å²) in [6, 6.07) is 4.69. The summed E-state index contributed by atoms with van der Waals surface area (Å²) in [5, 5.41) is 3.32. The van der Waals surface area contributed by atoms with Gasteiger partial charge in [0.15, 0.2) is 5.96 Å². The van der Waals surface area contributed by atoms with Crippen molar-refractivity contribution in [1.29, 1.82) is 0 Å². The highest BCUT2D eigenvalue weighted by molar-refractivity contribution is 14.0. The lowest BCUT2D eigenvalue weighted by Crippen LogP contribution is -2.40. The van der Waals surface area contributed by atoms with Crippen molar-refractivity contribution in [2.24, 2.45) is 4.99 Å². The molecule has 0 aliphatic rings. The van der Waals surface area contributed by atoms with Crippen molar-refractivity contribution in [3.63, 3.8) is 0 Å². The van der Waals surface area contributed by atoms with Gasteiger partial charge in [0.25, 0.3) is 0 Å². The molecule has 0 aliphatic heterocycles. The minimum Gasteiger partial charge on any atom is -0.382 e. The first kappa shape index (κ1) is 25.9. The number of guanidine groups is 1. The lowest BCUT2D eigenvalue weighted by atomic mass is 10.2. The first-order valence-electron chi connectivity index (χ1n) is 8.56. The van der Waals surface area contributed by atoms with E-state index < -0.39 is 5.82 Å². The van der Waals surface area contributed by atoms with Crippen LogP contribution in [0.2, 0.25) is 5.02 Å². The predicted molar refractivity (Wildman–Crippen MR) is 118 cm³/mol. The van der Waals surface area contributed by atoms with E-state index in [0.717, 1.165) is 12.0 Å². The summed E-state index contributed by atoms with van der Waals surface area (Å²) in [6.45, 7) is 4.42. The monoisotopic (exact) mass is 514 g/mol. The summed E-state index contributed by atoms with van der Waals surface area (Å²) in [7, 11) is 5.21. The van der Waals surface area contributed by atoms with Gasteiger partial charge in [0.1, 0.15) is 12.4 Å². The van der Waals surface area contributed by atoms with Gasteiger partial charge in [-0.3, -0.25) is 4.79 Å². The van der Waals surface area contributed by atoms with Crippen LogP contribution in [-0.2, 0) is 16.1 Å². The van der Waals surface area contributed by atoms with Gasteiger partial charge in [-0.25, -0.2) is 9.38 Å². The Morgan fingerprint density at radius 3 is 2.63 bits per heavy atom. The quantitative estimate of drug-likeness (QED) is 0.238. The second-order valence-electron chi connectivity index (χ2n) is 6.01. The van der Waals surface area contributed by atoms with Crippen LogP contribution >= 0.6 is 35.6 Å². The Morgan fingerprint density at radius 1 is 1.33 bits per heavy atom. The van der Waals surface area contributed by atoms with E-state index in [4.69, 9.17) is 16.3 Å². The third kappa shape index (κ3) is 10.1. The van der Waals surface area contributed by atoms with Crippen molar-refractivity contribution in [2.45, 2.75) is 19.9 Å². The topological polar surface area (TPSA) is 57.2 Å². The molecule has 0 heterocycles. The van der Waals surface area contributed by atoms with Crippen molar-refractivity contribution in [3.8, 4) is 0 Å². The lowest BCUT2D eigenvalue weighted by Gasteiger charge is -2.23. The van der Waals surface area contributed by atoms with E-state index in [1.807, 2.05) is 18.9 Å². The first-order valence-corrected chi connectivity index (χ1v) is 8.94. The number of aliphatic imine (C=N–C) groups is 1. The van der Waals surface area contributed by atoms with Crippen LogP contribution in [-0.4, -0.2) is 69.1 Å². The van der Waals surface area contributed by atoms with E-state index in [0.29, 0.717) is 32.3 Å². The molecule has 0 fully saturated rings. The van der Waals surface area contributed by atoms with Crippen LogP contribution in [0.3, 0.4) is 0 Å². The lowest BCUT2D eigenvalue weighted by molar-refractivity contribution is -0.127. The molecule has 0 saturated carbocycles. The van der Waals surface area contributed by atoms with Crippen LogP contribution in [0.4, 0.5) is 4.39 Å². The van der Waals surface area contributed by atoms with Crippen LogP contribution < -0.4 is 5.32 Å². The van der Waals surface area contributed by atoms with Crippen molar-refractivity contribution >= 4 is 47.4 Å². The molecule has 1 N–H and O–H groups in total. The van der Waals surface area contributed by atoms with Crippen LogP contribution in [0.15, 0.2) is 23.2 Å². The molecule has 0 unspecified atom stereocenters. The van der Waals surface area contributed by atoms with Gasteiger partial charge in [0.2, 0.25) is 5.91 Å². The fourth-order valence-corrected chi connectivity index (χ4v) is 2.22. The minimum absolute atomic E-state index is 0. The van der Waals surface area contributed by atoms with E-state index in [9.17, 15) is 9.18 Å². The van der Waals surface area contributed by atoms with Gasteiger partial charge < -0.3 is 19.9 Å². The highest BCUT2D eigenvalue weighted by Crippen LogP contribution is 2.16. The number of amides is 1. The Balaban J connectivity index is 0.00000676. The number of hydrogen-bond donors (Lipinski definition) is 1. The summed E-state index contributed by atoms with van der Waals surface area (Å²) in [4.78, 5) is 19.5. The van der Waals surface area contributed by atoms with Gasteiger partial charge in [-0.1, -0.05) is 17.7 Å². The number of nitrogens with zero attached hydrogens (tertiary/aromatic N) is 3. The maximum Gasteiger partial charge on any atom is 0.243 e. The van der Waals surface area contributed by atoms with Gasteiger partial charge in [-0.2, -0.15) is 0 Å². The third-order valence-corrected chi connectivity index (χ3v) is 3.89. The molecule has 6 nitrogen and oxygen atoms in total. The molecule has 0 spiro atoms. The Labute approximate surface area is 183 Å². The second kappa shape index (κ2) is 14.0. The maximum absolute atomic E-state index is 13.6. The molecular weight excluding hydrogens is 486 g/mol. The second-order valence-corrected chi connectivity index (χ2v) is 6.42. The normalized spacial score (nSPS) is 11.0. The molecule has 1 aromatic rings. The fourth-order valence-electron chi connectivity index (χ4n) is 2.10. The Bertz CT molecular complexity index is 617. The van der Waals surface area contributed by atoms with Gasteiger partial charge in [0.05, 0.1) is 5.02 Å². The molecule has 0 aromatic heterocycles. The maximum atomic E-state index is 13.6. The zero-order valence-electron chi connectivity index (χ0n) is 16.3. The van der Waals surface area contributed by atoms with Crippen molar-refractivity contribution < 1.29 is 13.9 Å². The largest absolute Gasteiger partial charge is 0.382 e. The molecule has 0 atom stereocenters. The van der Waals surface area contributed by atoms with Gasteiger partial charge in [0, 0.05) is 47.4 Å². The average molecular weight is 515 g/mol. The van der Waals surface area contributed by atoms with E-state index in [-0.39, 0.29) is 41.5 Å². The Kier molecular flexibility index (Phi) is 13.4. The third-order valence-electron chi connectivity index (χ3n) is 3.58. The summed E-state index contributed by atoms with van der Waals surface area (Å²) in [5.74, 6) is 0.0279. The number of benzene rings is 1. The van der Waals surface area contributed by atoms with Crippen LogP contribution in [0, 0.1) is 5.82 Å². The number of likely N-dealkylation sites (N-methyl/N-ethyl adjacent to an activating group) is 1. The molecule has 154 valence electrons. The highest BCUT2D eigenvalue weighted by atomic mass is 127. The van der Waals surface area contributed by atoms with E-state index in [1.54, 1.807) is 20.2 Å². The molecule has 9 heteroatoms. The average Bonchev–Trinajstić information content (AvgIpc) is 2.60. The fraction of sp³-hybridized carbons (Fsp3) is 0.556.